The van der Waals surface area contributed by atoms with Crippen LogP contribution in [-0.4, -0.2) is 54.5 Å². The third-order valence-corrected chi connectivity index (χ3v) is 4.15. The van der Waals surface area contributed by atoms with Crippen molar-refractivity contribution in [3.8, 4) is 0 Å². The molecular weight excluding hydrogens is 318 g/mol. The molecule has 0 spiro atoms. The number of hydrogen-bond acceptors (Lipinski definition) is 4. The smallest absolute Gasteiger partial charge is 0.276 e. The Bertz CT molecular complexity index is 743. The van der Waals surface area contributed by atoms with E-state index in [0.717, 1.165) is 5.69 Å². The summed E-state index contributed by atoms with van der Waals surface area (Å²) in [5.41, 5.74) is 1.55. The minimum Gasteiger partial charge on any atom is -0.378 e. The number of nitrogens with zero attached hydrogens (tertiary/aromatic N) is 3. The first-order valence-corrected chi connectivity index (χ1v) is 8.40. The second kappa shape index (κ2) is 7.90. The average Bonchev–Trinajstić information content (AvgIpc) is 2.69. The second-order valence-corrected chi connectivity index (χ2v) is 5.72. The molecule has 0 aliphatic carbocycles. The first-order valence-electron chi connectivity index (χ1n) is 8.40. The van der Waals surface area contributed by atoms with Crippen LogP contribution in [0.5, 0.6) is 0 Å². The maximum Gasteiger partial charge on any atom is 0.276 e. The fourth-order valence-electron chi connectivity index (χ4n) is 2.82. The van der Waals surface area contributed by atoms with E-state index in [1.165, 1.54) is 6.20 Å². The number of carbonyl (C=O) groups excluding carboxylic acids is 2. The number of pyridine rings is 1. The topological polar surface area (TPSA) is 62.7 Å². The first kappa shape index (κ1) is 17.1. The molecule has 1 fully saturated rings. The summed E-state index contributed by atoms with van der Waals surface area (Å²) in [5.74, 6) is -0.312. The van der Waals surface area contributed by atoms with Crippen LogP contribution in [0.15, 0.2) is 48.7 Å². The molecule has 0 saturated carbocycles. The van der Waals surface area contributed by atoms with Crippen molar-refractivity contribution in [1.29, 1.82) is 0 Å². The summed E-state index contributed by atoms with van der Waals surface area (Å²) in [7, 11) is 0. The number of hydrogen-bond donors (Lipinski definition) is 0. The summed E-state index contributed by atoms with van der Waals surface area (Å²) < 4.78 is 5.28. The van der Waals surface area contributed by atoms with Gasteiger partial charge in [0, 0.05) is 37.1 Å². The third-order valence-electron chi connectivity index (χ3n) is 4.15. The molecule has 1 aliphatic heterocycles. The van der Waals surface area contributed by atoms with Gasteiger partial charge in [-0.1, -0.05) is 18.2 Å². The third kappa shape index (κ3) is 3.85. The van der Waals surface area contributed by atoms with Gasteiger partial charge in [-0.25, -0.2) is 0 Å². The molecule has 0 atom stereocenters. The quantitative estimate of drug-likeness (QED) is 0.857. The van der Waals surface area contributed by atoms with E-state index in [9.17, 15) is 9.59 Å². The van der Waals surface area contributed by atoms with Crippen molar-refractivity contribution in [2.75, 3.05) is 37.7 Å². The van der Waals surface area contributed by atoms with Crippen LogP contribution < -0.4 is 4.90 Å². The van der Waals surface area contributed by atoms with Gasteiger partial charge in [0.2, 0.25) is 0 Å². The molecule has 1 saturated heterocycles. The van der Waals surface area contributed by atoms with Crippen LogP contribution >= 0.6 is 0 Å². The van der Waals surface area contributed by atoms with Gasteiger partial charge in [-0.2, -0.15) is 0 Å². The van der Waals surface area contributed by atoms with Crippen LogP contribution in [0.4, 0.5) is 5.69 Å². The van der Waals surface area contributed by atoms with Crippen LogP contribution in [-0.2, 0) is 4.74 Å². The monoisotopic (exact) mass is 339 g/mol. The lowest BCUT2D eigenvalue weighted by atomic mass is 10.1. The predicted molar refractivity (Wildman–Crippen MR) is 94.8 cm³/mol. The van der Waals surface area contributed by atoms with Gasteiger partial charge in [-0.3, -0.25) is 14.6 Å². The van der Waals surface area contributed by atoms with Crippen LogP contribution in [0.1, 0.15) is 27.8 Å². The van der Waals surface area contributed by atoms with Gasteiger partial charge in [0.25, 0.3) is 11.8 Å². The Kier molecular flexibility index (Phi) is 5.40. The van der Waals surface area contributed by atoms with E-state index in [1.807, 2.05) is 37.3 Å². The van der Waals surface area contributed by atoms with Gasteiger partial charge < -0.3 is 14.5 Å². The van der Waals surface area contributed by atoms with Crippen molar-refractivity contribution >= 4 is 17.5 Å². The van der Waals surface area contributed by atoms with Crippen molar-refractivity contribution in [3.63, 3.8) is 0 Å². The summed E-state index contributed by atoms with van der Waals surface area (Å²) in [4.78, 5) is 33.0. The van der Waals surface area contributed by atoms with Crippen LogP contribution in [0.25, 0.3) is 0 Å². The lowest BCUT2D eigenvalue weighted by Gasteiger charge is -2.27. The summed E-state index contributed by atoms with van der Waals surface area (Å²) in [6, 6.07) is 12.7. The lowest BCUT2D eigenvalue weighted by molar-refractivity contribution is 0.0303. The number of anilines is 1. The number of carbonyl (C=O) groups is 2. The SMILES string of the molecule is CCN(C(=O)c1cc(C(=O)N2CCOCC2)ccn1)c1ccccc1. The highest BCUT2D eigenvalue weighted by Crippen LogP contribution is 2.17. The molecule has 6 nitrogen and oxygen atoms in total. The molecule has 1 aliphatic rings. The molecule has 2 aromatic rings. The molecule has 25 heavy (non-hydrogen) atoms. The van der Waals surface area contributed by atoms with Gasteiger partial charge >= 0.3 is 0 Å². The molecular formula is C19H21N3O3. The van der Waals surface area contributed by atoms with Gasteiger partial charge in [0.1, 0.15) is 5.69 Å². The first-order chi connectivity index (χ1) is 12.2. The van der Waals surface area contributed by atoms with Gasteiger partial charge in [-0.05, 0) is 31.2 Å². The number of rotatable bonds is 4. The van der Waals surface area contributed by atoms with Crippen molar-refractivity contribution in [2.45, 2.75) is 6.92 Å². The number of para-hydroxylation sites is 1. The minimum atomic E-state index is -0.217. The number of aromatic nitrogens is 1. The highest BCUT2D eigenvalue weighted by atomic mass is 16.5. The minimum absolute atomic E-state index is 0.0949. The highest BCUT2D eigenvalue weighted by Gasteiger charge is 2.22. The van der Waals surface area contributed by atoms with Crippen molar-refractivity contribution in [1.82, 2.24) is 9.88 Å². The fourth-order valence-corrected chi connectivity index (χ4v) is 2.82. The normalized spacial score (nSPS) is 14.2. The maximum absolute atomic E-state index is 12.8. The Morgan fingerprint density at radius 2 is 1.88 bits per heavy atom. The van der Waals surface area contributed by atoms with Crippen molar-refractivity contribution in [3.05, 3.63) is 59.9 Å². The van der Waals surface area contributed by atoms with E-state index in [2.05, 4.69) is 4.98 Å². The zero-order valence-electron chi connectivity index (χ0n) is 14.2. The molecule has 0 N–H and O–H groups in total. The van der Waals surface area contributed by atoms with Gasteiger partial charge in [-0.15, -0.1) is 0 Å². The zero-order chi connectivity index (χ0) is 17.6. The van der Waals surface area contributed by atoms with Gasteiger partial charge in [0.05, 0.1) is 13.2 Å². The Labute approximate surface area is 147 Å². The molecule has 1 aromatic heterocycles. The molecule has 0 bridgehead atoms. The molecule has 3 rings (SSSR count). The summed E-state index contributed by atoms with van der Waals surface area (Å²) in [6.45, 7) is 4.64. The number of benzene rings is 1. The van der Waals surface area contributed by atoms with E-state index in [0.29, 0.717) is 38.4 Å². The predicted octanol–water partition coefficient (Wildman–Crippen LogP) is 2.22. The van der Waals surface area contributed by atoms with Crippen molar-refractivity contribution in [2.24, 2.45) is 0 Å². The van der Waals surface area contributed by atoms with E-state index >= 15 is 0 Å². The zero-order valence-corrected chi connectivity index (χ0v) is 14.2. The maximum atomic E-state index is 12.8. The standard InChI is InChI=1S/C19H21N3O3/c1-2-22(16-6-4-3-5-7-16)19(24)17-14-15(8-9-20-17)18(23)21-10-12-25-13-11-21/h3-9,14H,2,10-13H2,1H3. The molecule has 1 aromatic carbocycles. The summed E-state index contributed by atoms with van der Waals surface area (Å²) in [6.07, 6.45) is 1.51. The van der Waals surface area contributed by atoms with E-state index in [-0.39, 0.29) is 17.5 Å². The molecule has 0 radical (unpaired) electrons. The van der Waals surface area contributed by atoms with E-state index in [4.69, 9.17) is 4.74 Å². The highest BCUT2D eigenvalue weighted by molar-refractivity contribution is 6.06. The Balaban J connectivity index is 1.82. The van der Waals surface area contributed by atoms with Crippen LogP contribution in [0, 0.1) is 0 Å². The van der Waals surface area contributed by atoms with Gasteiger partial charge in [0.15, 0.2) is 0 Å². The average molecular weight is 339 g/mol. The largest absolute Gasteiger partial charge is 0.378 e. The fraction of sp³-hybridized carbons (Fsp3) is 0.316. The molecule has 2 heterocycles. The van der Waals surface area contributed by atoms with Crippen LogP contribution in [0.2, 0.25) is 0 Å². The molecule has 0 unspecified atom stereocenters. The molecule has 2 amide bonds. The van der Waals surface area contributed by atoms with Crippen LogP contribution in [0.3, 0.4) is 0 Å². The van der Waals surface area contributed by atoms with E-state index in [1.54, 1.807) is 21.9 Å². The Morgan fingerprint density at radius 1 is 1.16 bits per heavy atom. The lowest BCUT2D eigenvalue weighted by Crippen LogP contribution is -2.40. The second-order valence-electron chi connectivity index (χ2n) is 5.72. The molecule has 6 heteroatoms. The Hall–Kier alpha value is -2.73. The Morgan fingerprint density at radius 3 is 2.56 bits per heavy atom. The molecule has 130 valence electrons. The number of morpholine rings is 1. The summed E-state index contributed by atoms with van der Waals surface area (Å²) >= 11 is 0. The number of ether oxygens (including phenoxy) is 1. The van der Waals surface area contributed by atoms with E-state index < -0.39 is 0 Å². The summed E-state index contributed by atoms with van der Waals surface area (Å²) in [5, 5.41) is 0. The number of amides is 2. The van der Waals surface area contributed by atoms with Crippen molar-refractivity contribution < 1.29 is 14.3 Å².